The van der Waals surface area contributed by atoms with Crippen molar-refractivity contribution in [3.63, 3.8) is 0 Å². The molecule has 1 aromatic heterocycles. The number of fused-ring (bicyclic) bond motifs is 1. The van der Waals surface area contributed by atoms with Crippen molar-refractivity contribution in [2.75, 3.05) is 19.0 Å². The van der Waals surface area contributed by atoms with Gasteiger partial charge in [-0.1, -0.05) is 43.3 Å². The highest BCUT2D eigenvalue weighted by Gasteiger charge is 2.37. The number of nitrogens with zero attached hydrogens (tertiary/aromatic N) is 2. The first-order chi connectivity index (χ1) is 17.0. The fourth-order valence-corrected chi connectivity index (χ4v) is 4.06. The molecule has 5 N–H and O–H groups in total. The first-order valence-electron chi connectivity index (χ1n) is 12.0. The minimum Gasteiger partial charge on any atom is -0.361 e. The third kappa shape index (κ3) is 6.30. The first-order valence-corrected chi connectivity index (χ1v) is 12.0. The van der Waals surface area contributed by atoms with E-state index in [0.29, 0.717) is 12.1 Å². The summed E-state index contributed by atoms with van der Waals surface area (Å²) in [5.74, 6) is -1.18. The SMILES string of the molecule is CCC(C(=O)NN(C)C)N(C(=O)[C@@H](Cc1c[nH]c2ccccc12)NC(=O)C(C)(C)N)c1ccccc1. The van der Waals surface area contributed by atoms with Crippen LogP contribution in [0.4, 0.5) is 5.69 Å². The predicted octanol–water partition coefficient (Wildman–Crippen LogP) is 2.34. The van der Waals surface area contributed by atoms with Gasteiger partial charge in [-0.15, -0.1) is 0 Å². The van der Waals surface area contributed by atoms with Gasteiger partial charge in [0.15, 0.2) is 0 Å². The Bertz CT molecular complexity index is 1200. The zero-order chi connectivity index (χ0) is 26.5. The summed E-state index contributed by atoms with van der Waals surface area (Å²) in [6.45, 7) is 5.02. The van der Waals surface area contributed by atoms with E-state index in [9.17, 15) is 14.4 Å². The van der Waals surface area contributed by atoms with Gasteiger partial charge in [0, 0.05) is 43.3 Å². The van der Waals surface area contributed by atoms with Crippen LogP contribution in [0, 0.1) is 0 Å². The quantitative estimate of drug-likeness (QED) is 0.324. The van der Waals surface area contributed by atoms with E-state index in [2.05, 4.69) is 15.7 Å². The minimum atomic E-state index is -1.19. The van der Waals surface area contributed by atoms with Crippen LogP contribution in [0.25, 0.3) is 10.9 Å². The third-order valence-electron chi connectivity index (χ3n) is 5.89. The molecule has 2 aromatic carbocycles. The molecule has 0 saturated carbocycles. The summed E-state index contributed by atoms with van der Waals surface area (Å²) >= 11 is 0. The maximum Gasteiger partial charge on any atom is 0.257 e. The van der Waals surface area contributed by atoms with Crippen LogP contribution < -0.4 is 21.4 Å². The molecule has 0 aliphatic rings. The third-order valence-corrected chi connectivity index (χ3v) is 5.89. The molecule has 9 heteroatoms. The van der Waals surface area contributed by atoms with Crippen LogP contribution in [0.3, 0.4) is 0 Å². The standard InChI is InChI=1S/C27H36N6O3/c1-6-23(24(34)31-32(4)5)33(19-12-8-7-9-13-19)25(35)22(30-26(36)27(2,3)28)16-18-17-29-21-15-11-10-14-20(18)21/h7-15,17,22-23,29H,6,16,28H2,1-5H3,(H,30,36)(H,31,34)/t22-,23?/m1/s1. The predicted molar refractivity (Wildman–Crippen MR) is 142 cm³/mol. The van der Waals surface area contributed by atoms with E-state index in [1.54, 1.807) is 45.1 Å². The first kappa shape index (κ1) is 26.9. The second-order valence-corrected chi connectivity index (χ2v) is 9.65. The Morgan fingerprint density at radius 1 is 1.03 bits per heavy atom. The topological polar surface area (TPSA) is 124 Å². The van der Waals surface area contributed by atoms with Gasteiger partial charge in [0.05, 0.1) is 5.54 Å². The maximum atomic E-state index is 14.2. The number of aromatic amines is 1. The summed E-state index contributed by atoms with van der Waals surface area (Å²) < 4.78 is 0. The molecule has 0 saturated heterocycles. The van der Waals surface area contributed by atoms with Gasteiger partial charge < -0.3 is 16.0 Å². The maximum absolute atomic E-state index is 14.2. The molecule has 0 aliphatic carbocycles. The number of nitrogens with one attached hydrogen (secondary N) is 3. The van der Waals surface area contributed by atoms with Crippen molar-refractivity contribution in [1.82, 2.24) is 20.7 Å². The van der Waals surface area contributed by atoms with Crippen molar-refractivity contribution in [2.24, 2.45) is 5.73 Å². The molecule has 1 heterocycles. The molecular formula is C27H36N6O3. The largest absolute Gasteiger partial charge is 0.361 e. The van der Waals surface area contributed by atoms with Gasteiger partial charge in [-0.3, -0.25) is 24.7 Å². The molecule has 0 fully saturated rings. The van der Waals surface area contributed by atoms with Crippen molar-refractivity contribution in [3.05, 3.63) is 66.4 Å². The number of carbonyl (C=O) groups is 3. The molecule has 0 spiro atoms. The average Bonchev–Trinajstić information content (AvgIpc) is 3.23. The summed E-state index contributed by atoms with van der Waals surface area (Å²) in [6.07, 6.45) is 2.43. The molecular weight excluding hydrogens is 456 g/mol. The van der Waals surface area contributed by atoms with Crippen molar-refractivity contribution >= 4 is 34.3 Å². The number of anilines is 1. The normalized spacial score (nSPS) is 13.3. The molecule has 2 atom stereocenters. The van der Waals surface area contributed by atoms with E-state index >= 15 is 0 Å². The Labute approximate surface area is 212 Å². The van der Waals surface area contributed by atoms with Crippen molar-refractivity contribution in [3.8, 4) is 0 Å². The van der Waals surface area contributed by atoms with E-state index in [0.717, 1.165) is 16.5 Å². The fraction of sp³-hybridized carbons (Fsp3) is 0.370. The van der Waals surface area contributed by atoms with E-state index < -0.39 is 29.4 Å². The Kier molecular flexibility index (Phi) is 8.49. The van der Waals surface area contributed by atoms with Crippen LogP contribution in [0.2, 0.25) is 0 Å². The van der Waals surface area contributed by atoms with Crippen molar-refractivity contribution in [1.29, 1.82) is 0 Å². The zero-order valence-corrected chi connectivity index (χ0v) is 21.5. The molecule has 9 nitrogen and oxygen atoms in total. The summed E-state index contributed by atoms with van der Waals surface area (Å²) in [5.41, 5.74) is 9.99. The number of benzene rings is 2. The second-order valence-electron chi connectivity index (χ2n) is 9.65. The number of amides is 3. The Hall–Kier alpha value is -3.69. The monoisotopic (exact) mass is 492 g/mol. The van der Waals surface area contributed by atoms with Gasteiger partial charge in [0.1, 0.15) is 12.1 Å². The van der Waals surface area contributed by atoms with E-state index in [4.69, 9.17) is 5.73 Å². The molecule has 1 unspecified atom stereocenters. The van der Waals surface area contributed by atoms with E-state index in [1.165, 1.54) is 4.90 Å². The van der Waals surface area contributed by atoms with Crippen LogP contribution in [-0.2, 0) is 20.8 Å². The number of hydrazine groups is 1. The molecule has 0 radical (unpaired) electrons. The lowest BCUT2D eigenvalue weighted by molar-refractivity contribution is -0.132. The van der Waals surface area contributed by atoms with Crippen LogP contribution in [-0.4, -0.2) is 59.4 Å². The lowest BCUT2D eigenvalue weighted by Gasteiger charge is -2.34. The van der Waals surface area contributed by atoms with Crippen molar-refractivity contribution < 1.29 is 14.4 Å². The summed E-state index contributed by atoms with van der Waals surface area (Å²) in [6, 6.07) is 15.0. The Morgan fingerprint density at radius 3 is 2.28 bits per heavy atom. The van der Waals surface area contributed by atoms with Gasteiger partial charge in [-0.25, -0.2) is 5.01 Å². The molecule has 3 amide bonds. The number of rotatable bonds is 10. The Morgan fingerprint density at radius 2 is 1.67 bits per heavy atom. The number of H-pyrrole nitrogens is 1. The number of nitrogens with two attached hydrogens (primary N) is 1. The highest BCUT2D eigenvalue weighted by molar-refractivity contribution is 6.05. The van der Waals surface area contributed by atoms with E-state index in [-0.39, 0.29) is 12.3 Å². The molecule has 0 aliphatic heterocycles. The van der Waals surface area contributed by atoms with Gasteiger partial charge in [-0.2, -0.15) is 0 Å². The molecule has 0 bridgehead atoms. The van der Waals surface area contributed by atoms with Crippen LogP contribution in [0.1, 0.15) is 32.8 Å². The van der Waals surface area contributed by atoms with Crippen molar-refractivity contribution in [2.45, 2.75) is 51.2 Å². The average molecular weight is 493 g/mol. The van der Waals surface area contributed by atoms with Crippen LogP contribution in [0.5, 0.6) is 0 Å². The number of para-hydroxylation sites is 2. The molecule has 36 heavy (non-hydrogen) atoms. The number of hydrogen-bond donors (Lipinski definition) is 4. The van der Waals surface area contributed by atoms with Crippen LogP contribution in [0.15, 0.2) is 60.8 Å². The lowest BCUT2D eigenvalue weighted by atomic mass is 9.99. The van der Waals surface area contributed by atoms with Gasteiger partial charge >= 0.3 is 0 Å². The highest BCUT2D eigenvalue weighted by Crippen LogP contribution is 2.24. The summed E-state index contributed by atoms with van der Waals surface area (Å²) in [4.78, 5) is 45.0. The van der Waals surface area contributed by atoms with Crippen LogP contribution >= 0.6 is 0 Å². The highest BCUT2D eigenvalue weighted by atomic mass is 16.2. The number of aromatic nitrogens is 1. The number of hydrogen-bond acceptors (Lipinski definition) is 5. The molecule has 3 aromatic rings. The van der Waals surface area contributed by atoms with Gasteiger partial charge in [-0.05, 0) is 44.0 Å². The zero-order valence-electron chi connectivity index (χ0n) is 21.5. The fourth-order valence-electron chi connectivity index (χ4n) is 4.06. The molecule has 3 rings (SSSR count). The minimum absolute atomic E-state index is 0.222. The summed E-state index contributed by atoms with van der Waals surface area (Å²) in [5, 5.41) is 5.36. The van der Waals surface area contributed by atoms with Gasteiger partial charge in [0.2, 0.25) is 5.91 Å². The van der Waals surface area contributed by atoms with Gasteiger partial charge in [0.25, 0.3) is 11.8 Å². The van der Waals surface area contributed by atoms with E-state index in [1.807, 2.05) is 55.6 Å². The smallest absolute Gasteiger partial charge is 0.257 e. The lowest BCUT2D eigenvalue weighted by Crippen LogP contribution is -2.60. The molecule has 192 valence electrons. The number of carbonyl (C=O) groups excluding carboxylic acids is 3. The second kappa shape index (κ2) is 11.4. The Balaban J connectivity index is 2.06. The summed E-state index contributed by atoms with van der Waals surface area (Å²) in [7, 11) is 3.42.